The van der Waals surface area contributed by atoms with Crippen LogP contribution in [0.5, 0.6) is 0 Å². The molecule has 0 bridgehead atoms. The van der Waals surface area contributed by atoms with Crippen molar-refractivity contribution in [2.75, 3.05) is 35.2 Å². The summed E-state index contributed by atoms with van der Waals surface area (Å²) in [7, 11) is 0. The predicted molar refractivity (Wildman–Crippen MR) is 126 cm³/mol. The van der Waals surface area contributed by atoms with Crippen LogP contribution < -0.4 is 26.4 Å². The van der Waals surface area contributed by atoms with Gasteiger partial charge in [-0.05, 0) is 75.0 Å². The van der Waals surface area contributed by atoms with Gasteiger partial charge in [0.15, 0.2) is 0 Å². The van der Waals surface area contributed by atoms with E-state index in [4.69, 9.17) is 0 Å². The van der Waals surface area contributed by atoms with Gasteiger partial charge in [0.1, 0.15) is 11.4 Å². The van der Waals surface area contributed by atoms with Crippen molar-refractivity contribution >= 4 is 23.0 Å². The van der Waals surface area contributed by atoms with Gasteiger partial charge in [-0.25, -0.2) is 0 Å². The number of nitrogens with one attached hydrogen (secondary N) is 2. The summed E-state index contributed by atoms with van der Waals surface area (Å²) >= 11 is 0. The van der Waals surface area contributed by atoms with Crippen molar-refractivity contribution < 1.29 is 4.79 Å². The lowest BCUT2D eigenvalue weighted by Crippen LogP contribution is -2.45. The van der Waals surface area contributed by atoms with Crippen LogP contribution in [0, 0.1) is 11.8 Å². The largest absolute Gasteiger partial charge is 0.380 e. The van der Waals surface area contributed by atoms with Crippen LogP contribution in [0.3, 0.4) is 0 Å². The van der Waals surface area contributed by atoms with Crippen LogP contribution in [0.15, 0.2) is 33.9 Å². The zero-order valence-electron chi connectivity index (χ0n) is 18.4. The normalized spacial score (nSPS) is 21.8. The topological polar surface area (TPSA) is 78.5 Å². The van der Waals surface area contributed by atoms with E-state index in [0.29, 0.717) is 23.8 Å². The van der Waals surface area contributed by atoms with Gasteiger partial charge in [0.25, 0.3) is 10.9 Å². The molecule has 0 spiro atoms. The second-order valence-electron chi connectivity index (χ2n) is 9.07. The highest BCUT2D eigenvalue weighted by Gasteiger charge is 2.29. The minimum Gasteiger partial charge on any atom is -0.380 e. The van der Waals surface area contributed by atoms with Crippen LogP contribution in [0.25, 0.3) is 0 Å². The van der Waals surface area contributed by atoms with Crippen LogP contribution in [0.4, 0.5) is 17.1 Å². The number of amides is 1. The van der Waals surface area contributed by atoms with Gasteiger partial charge in [-0.3, -0.25) is 14.4 Å². The Bertz CT molecular complexity index is 978. The molecule has 1 saturated heterocycles. The van der Waals surface area contributed by atoms with Crippen LogP contribution >= 0.6 is 0 Å². The molecule has 4 rings (SSSR count). The Morgan fingerprint density at radius 1 is 1.03 bits per heavy atom. The summed E-state index contributed by atoms with van der Waals surface area (Å²) in [6.45, 7) is 4.52. The molecule has 166 valence electrons. The third-order valence-electron chi connectivity index (χ3n) is 6.95. The molecule has 1 aliphatic carbocycles. The highest BCUT2D eigenvalue weighted by molar-refractivity contribution is 5.92. The molecule has 1 heterocycles. The Balaban J connectivity index is 1.26. The molecule has 31 heavy (non-hydrogen) atoms. The summed E-state index contributed by atoms with van der Waals surface area (Å²) in [5.41, 5.74) is 2.50. The number of carbonyl (C=O) groups excluding carboxylic acids is 1. The molecule has 0 aromatic heterocycles. The van der Waals surface area contributed by atoms with Gasteiger partial charge in [0, 0.05) is 31.2 Å². The predicted octanol–water partition coefficient (Wildman–Crippen LogP) is 3.69. The van der Waals surface area contributed by atoms with E-state index >= 15 is 0 Å². The van der Waals surface area contributed by atoms with Crippen molar-refractivity contribution in [3.63, 3.8) is 0 Å². The maximum absolute atomic E-state index is 12.7. The Morgan fingerprint density at radius 3 is 2.48 bits per heavy atom. The van der Waals surface area contributed by atoms with Gasteiger partial charge in [0.2, 0.25) is 5.91 Å². The summed E-state index contributed by atoms with van der Waals surface area (Å²) in [5.74, 6) is 0.567. The van der Waals surface area contributed by atoms with Gasteiger partial charge in [-0.15, -0.1) is 0 Å². The average Bonchev–Trinajstić information content (AvgIpc) is 2.82. The van der Waals surface area contributed by atoms with Crippen molar-refractivity contribution in [1.29, 1.82) is 0 Å². The van der Waals surface area contributed by atoms with Gasteiger partial charge in [-0.1, -0.05) is 19.1 Å². The van der Waals surface area contributed by atoms with Gasteiger partial charge in [-0.2, -0.15) is 0 Å². The maximum Gasteiger partial charge on any atom is 0.253 e. The minimum atomic E-state index is -0.372. The molecule has 2 aromatic carbocycles. The third-order valence-corrected chi connectivity index (χ3v) is 6.95. The second-order valence-corrected chi connectivity index (χ2v) is 9.07. The molecule has 0 atom stereocenters. The van der Waals surface area contributed by atoms with Crippen molar-refractivity contribution in [2.24, 2.45) is 11.8 Å². The van der Waals surface area contributed by atoms with Crippen LogP contribution in [0.1, 0.15) is 57.4 Å². The third kappa shape index (κ3) is 4.83. The molecule has 1 amide bonds. The molecule has 0 unspecified atom stereocenters. The number of piperidine rings is 1. The fourth-order valence-electron chi connectivity index (χ4n) is 4.95. The highest BCUT2D eigenvalue weighted by Crippen LogP contribution is 2.31. The van der Waals surface area contributed by atoms with E-state index in [1.165, 1.54) is 12.0 Å². The van der Waals surface area contributed by atoms with E-state index in [9.17, 15) is 14.4 Å². The van der Waals surface area contributed by atoms with Crippen LogP contribution in [-0.4, -0.2) is 25.5 Å². The summed E-state index contributed by atoms with van der Waals surface area (Å²) in [6.07, 6.45) is 7.91. The van der Waals surface area contributed by atoms with Crippen molar-refractivity contribution in [2.45, 2.75) is 58.3 Å². The first-order valence-corrected chi connectivity index (χ1v) is 11.8. The smallest absolute Gasteiger partial charge is 0.253 e. The molecule has 1 saturated carbocycles. The number of benzene rings is 1. The van der Waals surface area contributed by atoms with Gasteiger partial charge in [0.05, 0.1) is 0 Å². The molecule has 2 aromatic rings. The zero-order valence-corrected chi connectivity index (χ0v) is 18.4. The Hall–Kier alpha value is -2.63. The molecule has 1 aliphatic heterocycles. The number of rotatable bonds is 7. The lowest BCUT2D eigenvalue weighted by Gasteiger charge is -2.32. The summed E-state index contributed by atoms with van der Waals surface area (Å²) in [4.78, 5) is 38.9. The van der Waals surface area contributed by atoms with E-state index < -0.39 is 0 Å². The lowest BCUT2D eigenvalue weighted by molar-refractivity contribution is -0.121. The fraction of sp³-hybridized carbons (Fsp3) is 0.560. The minimum absolute atomic E-state index is 0.0385. The Kier molecular flexibility index (Phi) is 6.73. The first-order chi connectivity index (χ1) is 15.1. The SMILES string of the molecule is CCc1cccc(NC(=O)C2CCC(CNc3c(N4CCCCC4)c(=O)c3=O)CC2)c1. The number of hydrogen-bond acceptors (Lipinski definition) is 5. The average molecular weight is 424 g/mol. The van der Waals surface area contributed by atoms with Crippen LogP contribution in [-0.2, 0) is 11.2 Å². The first-order valence-electron chi connectivity index (χ1n) is 11.8. The van der Waals surface area contributed by atoms with E-state index in [2.05, 4.69) is 28.5 Å². The van der Waals surface area contributed by atoms with E-state index in [1.807, 2.05) is 18.2 Å². The monoisotopic (exact) mass is 423 g/mol. The number of anilines is 3. The van der Waals surface area contributed by atoms with Gasteiger partial charge < -0.3 is 15.5 Å². The maximum atomic E-state index is 12.7. The quantitative estimate of drug-likeness (QED) is 0.664. The Labute approximate surface area is 183 Å². The standard InChI is InChI=1S/C25H33N3O3/c1-2-17-7-6-8-20(15-17)27-25(31)19-11-9-18(10-12-19)16-26-21-22(24(30)23(21)29)28-13-4-3-5-14-28/h6-8,15,18-19,26H,2-5,9-14,16H2,1H3,(H,27,31). The van der Waals surface area contributed by atoms with E-state index in [0.717, 1.165) is 63.7 Å². The van der Waals surface area contributed by atoms with Crippen molar-refractivity contribution in [1.82, 2.24) is 0 Å². The summed E-state index contributed by atoms with van der Waals surface area (Å²) < 4.78 is 0. The van der Waals surface area contributed by atoms with Crippen molar-refractivity contribution in [3.8, 4) is 0 Å². The molecule has 2 aliphatic rings. The fourth-order valence-corrected chi connectivity index (χ4v) is 4.95. The van der Waals surface area contributed by atoms with E-state index in [-0.39, 0.29) is 22.7 Å². The zero-order chi connectivity index (χ0) is 21.8. The molecular formula is C25H33N3O3. The Morgan fingerprint density at radius 2 is 1.77 bits per heavy atom. The summed E-state index contributed by atoms with van der Waals surface area (Å²) in [5, 5.41) is 6.35. The molecule has 6 heteroatoms. The molecular weight excluding hydrogens is 390 g/mol. The number of hydrogen-bond donors (Lipinski definition) is 2. The molecule has 0 radical (unpaired) electrons. The van der Waals surface area contributed by atoms with E-state index in [1.54, 1.807) is 0 Å². The lowest BCUT2D eigenvalue weighted by atomic mass is 9.81. The number of carbonyl (C=O) groups is 1. The first kappa shape index (κ1) is 21.6. The highest BCUT2D eigenvalue weighted by atomic mass is 16.2. The van der Waals surface area contributed by atoms with Crippen LogP contribution in [0.2, 0.25) is 0 Å². The molecule has 2 N–H and O–H groups in total. The van der Waals surface area contributed by atoms with Crippen molar-refractivity contribution in [3.05, 3.63) is 50.3 Å². The summed E-state index contributed by atoms with van der Waals surface area (Å²) in [6, 6.07) is 8.03. The molecule has 6 nitrogen and oxygen atoms in total. The number of nitrogens with zero attached hydrogens (tertiary/aromatic N) is 1. The second kappa shape index (κ2) is 9.67. The molecule has 2 fully saturated rings. The number of aryl methyl sites for hydroxylation is 1. The van der Waals surface area contributed by atoms with Gasteiger partial charge >= 0.3 is 0 Å².